The number of carboxylic acids is 1. The Kier molecular flexibility index (Phi) is 4.42. The molecule has 0 atom stereocenters. The predicted molar refractivity (Wildman–Crippen MR) is 83.5 cm³/mol. The Labute approximate surface area is 124 Å². The summed E-state index contributed by atoms with van der Waals surface area (Å²) in [6.07, 6.45) is 1.77. The second-order valence-electron chi connectivity index (χ2n) is 4.86. The number of hydrogen-bond acceptors (Lipinski definition) is 4. The Bertz CT molecular complexity index is 656. The summed E-state index contributed by atoms with van der Waals surface area (Å²) in [4.78, 5) is 17.4. The zero-order chi connectivity index (χ0) is 15.4. The highest BCUT2D eigenvalue weighted by molar-refractivity contribution is 5.90. The summed E-state index contributed by atoms with van der Waals surface area (Å²) in [5.41, 5.74) is 9.60. The van der Waals surface area contributed by atoms with Gasteiger partial charge in [0.2, 0.25) is 0 Å². The molecule has 21 heavy (non-hydrogen) atoms. The summed E-state index contributed by atoms with van der Waals surface area (Å²) in [7, 11) is 0. The fraction of sp³-hybridized carbons (Fsp3) is 0.250. The molecule has 0 spiro atoms. The number of pyridine rings is 1. The van der Waals surface area contributed by atoms with Gasteiger partial charge in [0.25, 0.3) is 0 Å². The Morgan fingerprint density at radius 3 is 2.71 bits per heavy atom. The lowest BCUT2D eigenvalue weighted by Gasteiger charge is -2.25. The zero-order valence-electron chi connectivity index (χ0n) is 12.2. The van der Waals surface area contributed by atoms with E-state index in [2.05, 4.69) is 9.88 Å². The van der Waals surface area contributed by atoms with Crippen molar-refractivity contribution in [1.29, 1.82) is 0 Å². The summed E-state index contributed by atoms with van der Waals surface area (Å²) in [5, 5.41) is 8.99. The molecule has 0 saturated carbocycles. The average Bonchev–Trinajstić information content (AvgIpc) is 2.47. The minimum Gasteiger partial charge on any atom is -0.478 e. The van der Waals surface area contributed by atoms with Gasteiger partial charge in [0.05, 0.1) is 29.2 Å². The number of nitrogens with two attached hydrogens (primary N) is 1. The lowest BCUT2D eigenvalue weighted by atomic mass is 10.1. The van der Waals surface area contributed by atoms with E-state index in [1.807, 2.05) is 26.0 Å². The quantitative estimate of drug-likeness (QED) is 0.826. The van der Waals surface area contributed by atoms with Crippen molar-refractivity contribution in [3.8, 4) is 0 Å². The van der Waals surface area contributed by atoms with Crippen LogP contribution in [0.2, 0.25) is 0 Å². The Balaban J connectivity index is 2.30. The molecule has 0 aliphatic heterocycles. The van der Waals surface area contributed by atoms with E-state index in [9.17, 15) is 4.79 Å². The molecule has 1 aromatic carbocycles. The lowest BCUT2D eigenvalue weighted by molar-refractivity contribution is 0.0697. The van der Waals surface area contributed by atoms with Crippen molar-refractivity contribution in [1.82, 2.24) is 4.98 Å². The normalized spacial score (nSPS) is 10.4. The van der Waals surface area contributed by atoms with Crippen LogP contribution in [0.25, 0.3) is 0 Å². The monoisotopic (exact) mass is 285 g/mol. The van der Waals surface area contributed by atoms with Crippen LogP contribution in [0.1, 0.15) is 28.5 Å². The van der Waals surface area contributed by atoms with Crippen LogP contribution in [0.4, 0.5) is 11.4 Å². The third kappa shape index (κ3) is 3.31. The number of aromatic carboxylic acids is 1. The number of carboxylic acid groups (broad SMARTS) is 1. The van der Waals surface area contributed by atoms with Gasteiger partial charge in [-0.2, -0.15) is 0 Å². The second-order valence-corrected chi connectivity index (χ2v) is 4.86. The molecule has 0 unspecified atom stereocenters. The number of aryl methyl sites for hydroxylation is 1. The third-order valence-electron chi connectivity index (χ3n) is 3.46. The van der Waals surface area contributed by atoms with Crippen molar-refractivity contribution in [2.45, 2.75) is 20.4 Å². The van der Waals surface area contributed by atoms with Gasteiger partial charge in [-0.1, -0.05) is 6.07 Å². The predicted octanol–water partition coefficient (Wildman–Crippen LogP) is 2.70. The largest absolute Gasteiger partial charge is 0.478 e. The molecule has 5 nitrogen and oxygen atoms in total. The number of aromatic nitrogens is 1. The van der Waals surface area contributed by atoms with Crippen molar-refractivity contribution < 1.29 is 9.90 Å². The topological polar surface area (TPSA) is 79.5 Å². The zero-order valence-corrected chi connectivity index (χ0v) is 12.2. The minimum absolute atomic E-state index is 0.196. The number of nitrogen functional groups attached to an aromatic ring is 1. The number of anilines is 2. The van der Waals surface area contributed by atoms with E-state index in [4.69, 9.17) is 10.8 Å². The van der Waals surface area contributed by atoms with E-state index >= 15 is 0 Å². The van der Waals surface area contributed by atoms with Crippen molar-refractivity contribution in [3.63, 3.8) is 0 Å². The maximum Gasteiger partial charge on any atom is 0.335 e. The highest BCUT2D eigenvalue weighted by Crippen LogP contribution is 2.26. The summed E-state index contributed by atoms with van der Waals surface area (Å²) in [6, 6.07) is 8.74. The summed E-state index contributed by atoms with van der Waals surface area (Å²) < 4.78 is 0. The molecular formula is C16H19N3O2. The molecular weight excluding hydrogens is 266 g/mol. The molecule has 110 valence electrons. The first-order chi connectivity index (χ1) is 10.0. The van der Waals surface area contributed by atoms with Gasteiger partial charge in [0.1, 0.15) is 0 Å². The Morgan fingerprint density at radius 2 is 2.14 bits per heavy atom. The van der Waals surface area contributed by atoms with Crippen molar-refractivity contribution in [3.05, 3.63) is 53.3 Å². The molecule has 1 aromatic heterocycles. The number of hydrogen-bond donors (Lipinski definition) is 2. The summed E-state index contributed by atoms with van der Waals surface area (Å²) in [5.74, 6) is -0.975. The van der Waals surface area contributed by atoms with Crippen LogP contribution < -0.4 is 10.6 Å². The van der Waals surface area contributed by atoms with Gasteiger partial charge in [-0.25, -0.2) is 4.79 Å². The van der Waals surface area contributed by atoms with Crippen molar-refractivity contribution in [2.24, 2.45) is 0 Å². The average molecular weight is 285 g/mol. The molecule has 0 saturated heterocycles. The van der Waals surface area contributed by atoms with Gasteiger partial charge in [-0.3, -0.25) is 4.98 Å². The molecule has 0 aliphatic carbocycles. The molecule has 2 aromatic rings. The molecule has 0 aliphatic rings. The van der Waals surface area contributed by atoms with E-state index < -0.39 is 5.97 Å². The smallest absolute Gasteiger partial charge is 0.335 e. The molecule has 0 amide bonds. The van der Waals surface area contributed by atoms with E-state index in [1.54, 1.807) is 18.3 Å². The van der Waals surface area contributed by atoms with Gasteiger partial charge >= 0.3 is 5.97 Å². The van der Waals surface area contributed by atoms with Crippen LogP contribution in [0.15, 0.2) is 36.5 Å². The van der Waals surface area contributed by atoms with Crippen LogP contribution in [-0.4, -0.2) is 22.6 Å². The molecule has 1 heterocycles. The fourth-order valence-corrected chi connectivity index (χ4v) is 2.21. The van der Waals surface area contributed by atoms with Gasteiger partial charge in [0, 0.05) is 12.7 Å². The molecule has 2 rings (SSSR count). The van der Waals surface area contributed by atoms with Crippen LogP contribution in [0, 0.1) is 6.92 Å². The van der Waals surface area contributed by atoms with Gasteiger partial charge in [-0.05, 0) is 43.7 Å². The highest BCUT2D eigenvalue weighted by atomic mass is 16.4. The fourth-order valence-electron chi connectivity index (χ4n) is 2.21. The Morgan fingerprint density at radius 1 is 1.38 bits per heavy atom. The van der Waals surface area contributed by atoms with Crippen LogP contribution >= 0.6 is 0 Å². The number of benzene rings is 1. The molecule has 3 N–H and O–H groups in total. The highest BCUT2D eigenvalue weighted by Gasteiger charge is 2.13. The van der Waals surface area contributed by atoms with E-state index in [-0.39, 0.29) is 5.56 Å². The van der Waals surface area contributed by atoms with Gasteiger partial charge in [-0.15, -0.1) is 0 Å². The second kappa shape index (κ2) is 6.26. The maximum absolute atomic E-state index is 11.0. The third-order valence-corrected chi connectivity index (χ3v) is 3.46. The summed E-state index contributed by atoms with van der Waals surface area (Å²) in [6.45, 7) is 5.45. The van der Waals surface area contributed by atoms with Crippen molar-refractivity contribution >= 4 is 17.3 Å². The maximum atomic E-state index is 11.0. The van der Waals surface area contributed by atoms with Crippen LogP contribution in [0.3, 0.4) is 0 Å². The SMILES string of the molecule is CCN(Cc1ncccc1C)c1ccc(C(=O)O)cc1N. The van der Waals surface area contributed by atoms with Gasteiger partial charge in [0.15, 0.2) is 0 Å². The molecule has 0 radical (unpaired) electrons. The molecule has 0 bridgehead atoms. The molecule has 0 fully saturated rings. The van der Waals surface area contributed by atoms with E-state index in [1.165, 1.54) is 6.07 Å². The van der Waals surface area contributed by atoms with Crippen molar-refractivity contribution in [2.75, 3.05) is 17.2 Å². The van der Waals surface area contributed by atoms with E-state index in [0.29, 0.717) is 12.2 Å². The van der Waals surface area contributed by atoms with Crippen LogP contribution in [-0.2, 0) is 6.54 Å². The number of rotatable bonds is 5. The minimum atomic E-state index is -0.975. The van der Waals surface area contributed by atoms with E-state index in [0.717, 1.165) is 23.5 Å². The molecule has 5 heteroatoms. The number of carbonyl (C=O) groups is 1. The lowest BCUT2D eigenvalue weighted by Crippen LogP contribution is -2.24. The first-order valence-corrected chi connectivity index (χ1v) is 6.81. The first-order valence-electron chi connectivity index (χ1n) is 6.81. The van der Waals surface area contributed by atoms with Crippen LogP contribution in [0.5, 0.6) is 0 Å². The Hall–Kier alpha value is -2.56. The standard InChI is InChI=1S/C16H19N3O2/c1-3-19(10-14-11(2)5-4-8-18-14)15-7-6-12(16(20)21)9-13(15)17/h4-9H,3,10,17H2,1-2H3,(H,20,21). The summed E-state index contributed by atoms with van der Waals surface area (Å²) >= 11 is 0. The first kappa shape index (κ1) is 14.8. The number of nitrogens with zero attached hydrogens (tertiary/aromatic N) is 2. The van der Waals surface area contributed by atoms with Gasteiger partial charge < -0.3 is 15.7 Å².